The van der Waals surface area contributed by atoms with Gasteiger partial charge in [-0.25, -0.2) is 4.79 Å². The zero-order chi connectivity index (χ0) is 15.7. The third-order valence-electron chi connectivity index (χ3n) is 4.56. The number of carbonyl (C=O) groups is 1. The van der Waals surface area contributed by atoms with Crippen LogP contribution in [0.1, 0.15) is 44.9 Å². The van der Waals surface area contributed by atoms with Crippen molar-refractivity contribution in [2.45, 2.75) is 64.3 Å². The first-order valence-corrected chi connectivity index (χ1v) is 9.06. The summed E-state index contributed by atoms with van der Waals surface area (Å²) in [4.78, 5) is 15.8. The van der Waals surface area contributed by atoms with Gasteiger partial charge in [-0.1, -0.05) is 6.07 Å². The van der Waals surface area contributed by atoms with Crippen molar-refractivity contribution >= 4 is 17.4 Å². The Bertz CT molecular complexity index is 509. The number of ether oxygens (including phenoxy) is 1. The first kappa shape index (κ1) is 15.8. The first-order valence-electron chi connectivity index (χ1n) is 8.18. The van der Waals surface area contributed by atoms with Gasteiger partial charge in [-0.15, -0.1) is 11.3 Å². The number of thiophene rings is 1. The number of rotatable bonds is 4. The van der Waals surface area contributed by atoms with Gasteiger partial charge in [0.25, 0.3) is 0 Å². The van der Waals surface area contributed by atoms with E-state index >= 15 is 0 Å². The van der Waals surface area contributed by atoms with Crippen LogP contribution >= 0.6 is 11.3 Å². The molecule has 22 heavy (non-hydrogen) atoms. The zero-order valence-corrected chi connectivity index (χ0v) is 14.5. The number of nitrogens with one attached hydrogen (secondary N) is 1. The number of carbonyl (C=O) groups excluding carboxylic acids is 1. The van der Waals surface area contributed by atoms with Crippen LogP contribution in [0.25, 0.3) is 0 Å². The molecule has 2 fully saturated rings. The molecular weight excluding hydrogens is 296 g/mol. The van der Waals surface area contributed by atoms with Gasteiger partial charge >= 0.3 is 6.09 Å². The van der Waals surface area contributed by atoms with Crippen LogP contribution in [-0.4, -0.2) is 35.2 Å². The molecule has 3 heterocycles. The van der Waals surface area contributed by atoms with Crippen molar-refractivity contribution < 1.29 is 9.53 Å². The van der Waals surface area contributed by atoms with E-state index in [2.05, 4.69) is 22.8 Å². The van der Waals surface area contributed by atoms with Gasteiger partial charge in [-0.2, -0.15) is 0 Å². The maximum atomic E-state index is 12.4. The van der Waals surface area contributed by atoms with Gasteiger partial charge in [0.05, 0.1) is 0 Å². The average molecular weight is 322 g/mol. The molecule has 2 aliphatic rings. The topological polar surface area (TPSA) is 41.6 Å². The van der Waals surface area contributed by atoms with Gasteiger partial charge < -0.3 is 15.0 Å². The van der Waals surface area contributed by atoms with Crippen molar-refractivity contribution in [2.24, 2.45) is 5.92 Å². The molecule has 3 atom stereocenters. The molecule has 0 aliphatic carbocycles. The van der Waals surface area contributed by atoms with Crippen LogP contribution in [0.5, 0.6) is 0 Å². The largest absolute Gasteiger partial charge is 0.444 e. The molecule has 0 spiro atoms. The van der Waals surface area contributed by atoms with E-state index < -0.39 is 5.60 Å². The molecule has 3 rings (SSSR count). The van der Waals surface area contributed by atoms with E-state index in [0.29, 0.717) is 18.0 Å². The van der Waals surface area contributed by atoms with Crippen molar-refractivity contribution in [3.05, 3.63) is 22.4 Å². The highest BCUT2D eigenvalue weighted by Crippen LogP contribution is 2.42. The molecule has 1 aromatic heterocycles. The van der Waals surface area contributed by atoms with E-state index in [4.69, 9.17) is 4.74 Å². The second-order valence-corrected chi connectivity index (χ2v) is 8.42. The van der Waals surface area contributed by atoms with Crippen molar-refractivity contribution in [1.82, 2.24) is 10.2 Å². The Kier molecular flexibility index (Phi) is 4.46. The summed E-state index contributed by atoms with van der Waals surface area (Å²) in [5.41, 5.74) is -0.411. The smallest absolute Gasteiger partial charge is 0.410 e. The zero-order valence-electron chi connectivity index (χ0n) is 13.7. The van der Waals surface area contributed by atoms with Crippen molar-refractivity contribution in [3.63, 3.8) is 0 Å². The van der Waals surface area contributed by atoms with Gasteiger partial charge in [0.1, 0.15) is 5.60 Å². The van der Waals surface area contributed by atoms with Gasteiger partial charge in [0, 0.05) is 30.1 Å². The van der Waals surface area contributed by atoms with Gasteiger partial charge in [0.2, 0.25) is 0 Å². The van der Waals surface area contributed by atoms with Gasteiger partial charge in [-0.05, 0) is 57.4 Å². The highest BCUT2D eigenvalue weighted by atomic mass is 32.1. The lowest BCUT2D eigenvalue weighted by Crippen LogP contribution is -2.41. The molecule has 3 unspecified atom stereocenters. The molecule has 0 saturated carbocycles. The number of fused-ring (bicyclic) bond motifs is 2. The van der Waals surface area contributed by atoms with Crippen molar-refractivity contribution in [3.8, 4) is 0 Å². The third kappa shape index (κ3) is 3.46. The Morgan fingerprint density at radius 3 is 2.95 bits per heavy atom. The SMILES string of the molecule is CC(C)(C)OC(=O)N1C2CCC1C(CNCc1cccs1)C2. The number of hydrogen-bond donors (Lipinski definition) is 1. The van der Waals surface area contributed by atoms with Crippen LogP contribution < -0.4 is 5.32 Å². The lowest BCUT2D eigenvalue weighted by Gasteiger charge is -2.28. The van der Waals surface area contributed by atoms with Crippen LogP contribution in [0.15, 0.2) is 17.5 Å². The summed E-state index contributed by atoms with van der Waals surface area (Å²) >= 11 is 1.79. The fourth-order valence-electron chi connectivity index (χ4n) is 3.73. The Morgan fingerprint density at radius 2 is 2.27 bits per heavy atom. The van der Waals surface area contributed by atoms with Gasteiger partial charge in [-0.3, -0.25) is 0 Å². The normalized spacial score (nSPS) is 27.4. The second-order valence-electron chi connectivity index (χ2n) is 7.39. The molecule has 0 aromatic carbocycles. The summed E-state index contributed by atoms with van der Waals surface area (Å²) in [7, 11) is 0. The summed E-state index contributed by atoms with van der Waals surface area (Å²) < 4.78 is 5.58. The molecule has 2 bridgehead atoms. The molecule has 2 aliphatic heterocycles. The highest BCUT2D eigenvalue weighted by Gasteiger charge is 2.49. The van der Waals surface area contributed by atoms with Gasteiger partial charge in [0.15, 0.2) is 0 Å². The molecule has 2 saturated heterocycles. The molecule has 0 radical (unpaired) electrons. The number of amides is 1. The minimum absolute atomic E-state index is 0.124. The standard InChI is InChI=1S/C17H26N2O2S/c1-17(2,3)21-16(20)19-13-6-7-15(19)12(9-13)10-18-11-14-5-4-8-22-14/h4-5,8,12-13,15,18H,6-7,9-11H2,1-3H3. The van der Waals surface area contributed by atoms with Crippen LogP contribution in [0.3, 0.4) is 0 Å². The van der Waals surface area contributed by atoms with E-state index in [0.717, 1.165) is 32.4 Å². The number of hydrogen-bond acceptors (Lipinski definition) is 4. The summed E-state index contributed by atoms with van der Waals surface area (Å²) in [6.45, 7) is 7.71. The van der Waals surface area contributed by atoms with E-state index in [-0.39, 0.29) is 6.09 Å². The molecule has 1 aromatic rings. The predicted octanol–water partition coefficient (Wildman–Crippen LogP) is 3.63. The van der Waals surface area contributed by atoms with E-state index in [9.17, 15) is 4.79 Å². The van der Waals surface area contributed by atoms with E-state index in [1.807, 2.05) is 25.7 Å². The minimum atomic E-state index is -0.411. The van der Waals surface area contributed by atoms with E-state index in [1.54, 1.807) is 11.3 Å². The minimum Gasteiger partial charge on any atom is -0.444 e. The first-order chi connectivity index (χ1) is 10.4. The predicted molar refractivity (Wildman–Crippen MR) is 89.0 cm³/mol. The Balaban J connectivity index is 1.53. The fraction of sp³-hybridized carbons (Fsp3) is 0.706. The maximum Gasteiger partial charge on any atom is 0.410 e. The molecule has 1 N–H and O–H groups in total. The summed E-state index contributed by atoms with van der Waals surface area (Å²) in [5.74, 6) is 0.561. The summed E-state index contributed by atoms with van der Waals surface area (Å²) in [5, 5.41) is 5.66. The molecule has 5 heteroatoms. The second kappa shape index (κ2) is 6.20. The Morgan fingerprint density at radius 1 is 1.45 bits per heavy atom. The fourth-order valence-corrected chi connectivity index (χ4v) is 4.40. The third-order valence-corrected chi connectivity index (χ3v) is 5.43. The lowest BCUT2D eigenvalue weighted by molar-refractivity contribution is 0.0205. The summed E-state index contributed by atoms with van der Waals surface area (Å²) in [6, 6.07) is 4.98. The Labute approximate surface area is 136 Å². The van der Waals surface area contributed by atoms with Crippen LogP contribution in [0.2, 0.25) is 0 Å². The lowest BCUT2D eigenvalue weighted by atomic mass is 9.89. The maximum absolute atomic E-state index is 12.4. The average Bonchev–Trinajstić information content (AvgIpc) is 3.11. The molecular formula is C17H26N2O2S. The van der Waals surface area contributed by atoms with Crippen molar-refractivity contribution in [2.75, 3.05) is 6.54 Å². The highest BCUT2D eigenvalue weighted by molar-refractivity contribution is 7.09. The van der Waals surface area contributed by atoms with Crippen molar-refractivity contribution in [1.29, 1.82) is 0 Å². The monoisotopic (exact) mass is 322 g/mol. The van der Waals surface area contributed by atoms with Crippen LogP contribution in [0.4, 0.5) is 4.79 Å². The molecule has 122 valence electrons. The molecule has 1 amide bonds. The van der Waals surface area contributed by atoms with E-state index in [1.165, 1.54) is 4.88 Å². The van der Waals surface area contributed by atoms with Crippen LogP contribution in [-0.2, 0) is 11.3 Å². The quantitative estimate of drug-likeness (QED) is 0.920. The number of nitrogens with zero attached hydrogens (tertiary/aromatic N) is 1. The molecule has 4 nitrogen and oxygen atoms in total. The summed E-state index contributed by atoms with van der Waals surface area (Å²) in [6.07, 6.45) is 3.24. The Hall–Kier alpha value is -1.07. The van der Waals surface area contributed by atoms with Crippen LogP contribution in [0, 0.1) is 5.92 Å².